The minimum Gasteiger partial charge on any atom is -0.772 e. The Morgan fingerprint density at radius 2 is 1.68 bits per heavy atom. The summed E-state index contributed by atoms with van der Waals surface area (Å²) in [5.41, 5.74) is 1.00. The largest absolute Gasteiger partial charge is 1.00 e. The molecule has 0 saturated carbocycles. The molecule has 0 aliphatic rings. The van der Waals surface area contributed by atoms with Crippen molar-refractivity contribution < 1.29 is 60.8 Å². The molecule has 6 heteroatoms. The third kappa shape index (κ3) is 4.73. The molecule has 2 rings (SSSR count). The van der Waals surface area contributed by atoms with Crippen LogP contribution in [0.5, 0.6) is 0 Å². The van der Waals surface area contributed by atoms with Gasteiger partial charge in [0.15, 0.2) is 0 Å². The van der Waals surface area contributed by atoms with Gasteiger partial charge in [-0.25, -0.2) is 0 Å². The third-order valence-electron chi connectivity index (χ3n) is 2.49. The Morgan fingerprint density at radius 1 is 1.11 bits per heavy atom. The maximum absolute atomic E-state index is 11.6. The molecule has 0 amide bonds. The number of rotatable bonds is 2. The summed E-state index contributed by atoms with van der Waals surface area (Å²) >= 11 is 3.35. The number of benzene rings is 2. The maximum Gasteiger partial charge on any atom is 1.00 e. The molecule has 0 heterocycles. The van der Waals surface area contributed by atoms with Crippen molar-refractivity contribution in [2.75, 3.05) is 0 Å². The zero-order valence-electron chi connectivity index (χ0n) is 10.7. The van der Waals surface area contributed by atoms with Crippen molar-refractivity contribution in [3.05, 3.63) is 58.6 Å². The van der Waals surface area contributed by atoms with Gasteiger partial charge in [0.25, 0.3) is 0 Å². The van der Waals surface area contributed by atoms with Crippen LogP contribution in [-0.2, 0) is 14.6 Å². The molecule has 2 atom stereocenters. The van der Waals surface area contributed by atoms with Crippen molar-refractivity contribution in [2.45, 2.75) is 16.7 Å². The number of hydrogen-bond acceptors (Lipinski definition) is 2. The summed E-state index contributed by atoms with van der Waals surface area (Å²) in [5.74, 6) is 0. The fourth-order valence-electron chi connectivity index (χ4n) is 1.63. The first kappa shape index (κ1) is 18.0. The number of halogens is 1. The Balaban J connectivity index is 0.00000180. The van der Waals surface area contributed by atoms with Crippen LogP contribution in [-0.4, -0.2) is 0 Å². The molecule has 0 bridgehead atoms. The van der Waals surface area contributed by atoms with Gasteiger partial charge in [-0.15, -0.1) is 0 Å². The molecule has 0 spiro atoms. The average Bonchev–Trinajstić information content (AvgIpc) is 2.34. The normalized spacial score (nSPS) is 12.5. The first-order valence-corrected chi connectivity index (χ1v) is 9.09. The summed E-state index contributed by atoms with van der Waals surface area (Å²) in [6, 6.07) is 15.0. The van der Waals surface area contributed by atoms with Gasteiger partial charge in [0.1, 0.15) is 0 Å². The van der Waals surface area contributed by atoms with Gasteiger partial charge in [0.05, 0.1) is 6.80 Å². The molecule has 0 N–H and O–H groups in total. The molecule has 19 heavy (non-hydrogen) atoms. The zero-order valence-corrected chi connectivity index (χ0v) is 17.1. The Kier molecular flexibility index (Phi) is 7.98. The number of aryl methyl sites for hydroxylation is 1. The topological polar surface area (TPSA) is 40.1 Å². The van der Waals surface area contributed by atoms with Crippen LogP contribution in [0.25, 0.3) is 0 Å². The molecule has 2 unspecified atom stereocenters. The second-order valence-electron chi connectivity index (χ2n) is 3.73. The average molecular weight is 381 g/mol. The monoisotopic (exact) mass is 380 g/mol. The van der Waals surface area contributed by atoms with Crippen LogP contribution in [0.1, 0.15) is 5.56 Å². The van der Waals surface area contributed by atoms with Crippen molar-refractivity contribution in [3.8, 4) is 0 Å². The van der Waals surface area contributed by atoms with E-state index < -0.39 is 16.9 Å². The van der Waals surface area contributed by atoms with E-state index in [1.54, 1.807) is 0 Å². The Hall–Kier alpha value is 0.966. The first-order chi connectivity index (χ1) is 8.59. The molecular formula is C13H11BrKO2PS. The second kappa shape index (κ2) is 8.42. The van der Waals surface area contributed by atoms with Gasteiger partial charge in [-0.05, 0) is 42.8 Å². The molecule has 0 saturated heterocycles. The molecule has 0 aliphatic carbocycles. The van der Waals surface area contributed by atoms with Crippen LogP contribution in [0.3, 0.4) is 0 Å². The minimum absolute atomic E-state index is 0. The molecule has 2 aromatic carbocycles. The molecule has 0 aromatic heterocycles. The third-order valence-corrected chi connectivity index (χ3v) is 7.03. The molecule has 0 fully saturated rings. The molecule has 2 aromatic rings. The van der Waals surface area contributed by atoms with Crippen molar-refractivity contribution in [1.82, 2.24) is 0 Å². The van der Waals surface area contributed by atoms with E-state index in [0.29, 0.717) is 0 Å². The summed E-state index contributed by atoms with van der Waals surface area (Å²) in [6.45, 7) is -0.592. The van der Waals surface area contributed by atoms with E-state index in [0.717, 1.165) is 19.8 Å². The van der Waals surface area contributed by atoms with Crippen molar-refractivity contribution >= 4 is 32.8 Å². The van der Waals surface area contributed by atoms with Crippen LogP contribution in [0.15, 0.2) is 62.8 Å². The molecular weight excluding hydrogens is 370 g/mol. The summed E-state index contributed by atoms with van der Waals surface area (Å²) < 4.78 is 12.5. The predicted molar refractivity (Wildman–Crippen MR) is 76.8 cm³/mol. The van der Waals surface area contributed by atoms with E-state index in [9.17, 15) is 9.46 Å². The fourth-order valence-corrected chi connectivity index (χ4v) is 5.43. The molecule has 2 nitrogen and oxygen atoms in total. The summed E-state index contributed by atoms with van der Waals surface area (Å²) in [4.78, 5) is 13.3. The van der Waals surface area contributed by atoms with Crippen molar-refractivity contribution in [1.29, 1.82) is 0 Å². The van der Waals surface area contributed by atoms with Gasteiger partial charge >= 0.3 is 51.4 Å². The smallest absolute Gasteiger partial charge is 0.772 e. The number of hydrogen-bond donors (Lipinski definition) is 0. The van der Waals surface area contributed by atoms with Crippen LogP contribution < -0.4 is 56.3 Å². The Labute approximate surface area is 166 Å². The molecule has 0 radical (unpaired) electrons. The van der Waals surface area contributed by atoms with E-state index in [4.69, 9.17) is 0 Å². The van der Waals surface area contributed by atoms with Gasteiger partial charge in [0, 0.05) is 14.3 Å². The summed E-state index contributed by atoms with van der Waals surface area (Å²) in [6.07, 6.45) is 0. The van der Waals surface area contributed by atoms with E-state index in [1.807, 2.05) is 55.5 Å². The van der Waals surface area contributed by atoms with Crippen molar-refractivity contribution in [2.24, 2.45) is 0 Å². The van der Waals surface area contributed by atoms with Gasteiger partial charge in [-0.2, -0.15) is 0 Å². The Morgan fingerprint density at radius 3 is 2.21 bits per heavy atom. The predicted octanol–water partition coefficient (Wildman–Crippen LogP) is 0.816. The first-order valence-electron chi connectivity index (χ1n) is 5.29. The quantitative estimate of drug-likeness (QED) is 0.571. The standard InChI is InChI=1S/C13H12BrO2PS.K/c1-10-4-2-3-5-13(10)18(17(15)16)12-8-6-11(14)7-9-12;/h2-9H,1H3,(H,15,16);/q;+1/p-1. The summed E-state index contributed by atoms with van der Waals surface area (Å²) in [7, 11) is -0.890. The second-order valence-corrected chi connectivity index (χ2v) is 8.56. The van der Waals surface area contributed by atoms with Gasteiger partial charge in [-0.3, -0.25) is 4.57 Å². The Bertz CT molecular complexity index is 652. The van der Waals surface area contributed by atoms with Crippen molar-refractivity contribution in [3.63, 3.8) is 0 Å². The molecule has 94 valence electrons. The van der Waals surface area contributed by atoms with Gasteiger partial charge < -0.3 is 4.89 Å². The fraction of sp³-hybridized carbons (Fsp3) is 0.0769. The summed E-state index contributed by atoms with van der Waals surface area (Å²) in [5, 5.41) is 0. The van der Waals surface area contributed by atoms with E-state index in [2.05, 4.69) is 15.9 Å². The minimum atomic E-state index is -2.53. The van der Waals surface area contributed by atoms with E-state index in [1.165, 1.54) is 0 Å². The van der Waals surface area contributed by atoms with Crippen LogP contribution in [0.4, 0.5) is 0 Å². The molecule has 0 aliphatic heterocycles. The van der Waals surface area contributed by atoms with Crippen LogP contribution >= 0.6 is 22.7 Å². The van der Waals surface area contributed by atoms with Crippen LogP contribution in [0.2, 0.25) is 0 Å². The van der Waals surface area contributed by atoms with Crippen LogP contribution in [0, 0.1) is 6.92 Å². The zero-order chi connectivity index (χ0) is 13.1. The van der Waals surface area contributed by atoms with E-state index >= 15 is 0 Å². The van der Waals surface area contributed by atoms with Gasteiger partial charge in [0.2, 0.25) is 0 Å². The van der Waals surface area contributed by atoms with Gasteiger partial charge in [-0.1, -0.05) is 44.2 Å². The van der Waals surface area contributed by atoms with E-state index in [-0.39, 0.29) is 51.4 Å². The maximum atomic E-state index is 11.6. The SMILES string of the molecule is Cc1ccccc1S(c1ccc(Br)cc1)=P(=O)[O-].[K+].